The fraction of sp³-hybridized carbons (Fsp3) is 0.292. The molecule has 2 aromatic carbocycles. The van der Waals surface area contributed by atoms with Gasteiger partial charge in [-0.25, -0.2) is 4.79 Å². The minimum Gasteiger partial charge on any atom is -0.495 e. The van der Waals surface area contributed by atoms with Crippen LogP contribution in [0.5, 0.6) is 5.75 Å². The van der Waals surface area contributed by atoms with Gasteiger partial charge in [-0.2, -0.15) is 4.98 Å². The number of ether oxygens (including phenoxy) is 1. The number of aryl methyl sites for hydroxylation is 3. The van der Waals surface area contributed by atoms with Crippen molar-refractivity contribution in [2.24, 2.45) is 7.05 Å². The molecule has 3 heterocycles. The van der Waals surface area contributed by atoms with Crippen LogP contribution >= 0.6 is 0 Å². The summed E-state index contributed by atoms with van der Waals surface area (Å²) >= 11 is 0. The highest BCUT2D eigenvalue weighted by Crippen LogP contribution is 2.36. The van der Waals surface area contributed by atoms with Crippen LogP contribution in [0.15, 0.2) is 58.1 Å². The zero-order valence-electron chi connectivity index (χ0n) is 18.4. The monoisotopic (exact) mass is 431 g/mol. The topological polar surface area (TPSA) is 74.3 Å². The van der Waals surface area contributed by atoms with E-state index in [9.17, 15) is 9.59 Å². The molecule has 32 heavy (non-hydrogen) atoms. The predicted molar refractivity (Wildman–Crippen MR) is 124 cm³/mol. The Morgan fingerprint density at radius 2 is 1.78 bits per heavy atom. The highest BCUT2D eigenvalue weighted by atomic mass is 16.5. The zero-order chi connectivity index (χ0) is 22.4. The minimum absolute atomic E-state index is 0.221. The molecule has 0 amide bonds. The maximum absolute atomic E-state index is 13.5. The van der Waals surface area contributed by atoms with E-state index in [2.05, 4.69) is 4.90 Å². The quantitative estimate of drug-likeness (QED) is 0.497. The Kier molecular flexibility index (Phi) is 4.84. The van der Waals surface area contributed by atoms with Gasteiger partial charge in [-0.05, 0) is 31.0 Å². The van der Waals surface area contributed by atoms with Crippen LogP contribution in [0.4, 0.5) is 11.6 Å². The number of hydrogen-bond acceptors (Lipinski definition) is 5. The zero-order valence-corrected chi connectivity index (χ0v) is 18.4. The fourth-order valence-corrected chi connectivity index (χ4v) is 4.36. The largest absolute Gasteiger partial charge is 0.495 e. The summed E-state index contributed by atoms with van der Waals surface area (Å²) < 4.78 is 10.2. The van der Waals surface area contributed by atoms with E-state index in [0.29, 0.717) is 23.7 Å². The molecule has 2 aromatic heterocycles. The molecule has 0 fully saturated rings. The summed E-state index contributed by atoms with van der Waals surface area (Å²) in [5.41, 5.74) is 3.09. The minimum atomic E-state index is -0.373. The molecule has 8 heteroatoms. The van der Waals surface area contributed by atoms with Crippen LogP contribution in [0, 0.1) is 6.92 Å². The Bertz CT molecular complexity index is 1430. The number of para-hydroxylation sites is 2. The molecule has 0 unspecified atom stereocenters. The van der Waals surface area contributed by atoms with Crippen molar-refractivity contribution in [3.05, 3.63) is 80.5 Å². The summed E-state index contributed by atoms with van der Waals surface area (Å²) in [6, 6.07) is 15.6. The summed E-state index contributed by atoms with van der Waals surface area (Å²) in [5.74, 6) is 1.38. The Morgan fingerprint density at radius 3 is 2.53 bits per heavy atom. The van der Waals surface area contributed by atoms with Gasteiger partial charge in [-0.15, -0.1) is 0 Å². The average Bonchev–Trinajstić information content (AvgIpc) is 3.22. The summed E-state index contributed by atoms with van der Waals surface area (Å²) in [6.07, 6.45) is 0.844. The van der Waals surface area contributed by atoms with Crippen molar-refractivity contribution in [2.75, 3.05) is 18.6 Å². The molecule has 0 bridgehead atoms. The number of methoxy groups -OCH3 is 1. The lowest BCUT2D eigenvalue weighted by atomic mass is 10.1. The lowest BCUT2D eigenvalue weighted by molar-refractivity contribution is 0.414. The second-order valence-corrected chi connectivity index (χ2v) is 8.13. The third kappa shape index (κ3) is 3.10. The van der Waals surface area contributed by atoms with Crippen molar-refractivity contribution in [3.63, 3.8) is 0 Å². The lowest BCUT2D eigenvalue weighted by Gasteiger charge is -2.30. The van der Waals surface area contributed by atoms with Gasteiger partial charge in [0.15, 0.2) is 11.2 Å². The van der Waals surface area contributed by atoms with Crippen LogP contribution in [0.3, 0.4) is 0 Å². The number of hydrogen-bond donors (Lipinski definition) is 0. The van der Waals surface area contributed by atoms with Crippen LogP contribution in [-0.2, 0) is 20.1 Å². The van der Waals surface area contributed by atoms with Crippen molar-refractivity contribution in [3.8, 4) is 5.75 Å². The Balaban J connectivity index is 1.70. The summed E-state index contributed by atoms with van der Waals surface area (Å²) in [5, 5.41) is 0. The molecule has 0 radical (unpaired) electrons. The Hall–Kier alpha value is -3.81. The molecule has 0 saturated carbocycles. The van der Waals surface area contributed by atoms with Crippen LogP contribution in [0.1, 0.15) is 17.5 Å². The highest BCUT2D eigenvalue weighted by Gasteiger charge is 2.28. The number of benzene rings is 2. The standard InChI is InChI=1S/C24H25N5O3/c1-16-9-11-17(12-10-16)15-29-22(30)20-21(26(2)24(29)31)25-23-27(13-6-14-28(20)23)18-7-4-5-8-19(18)32-3/h4-5,7-12H,6,13-15H2,1-3H3. The Morgan fingerprint density at radius 1 is 1.03 bits per heavy atom. The summed E-state index contributed by atoms with van der Waals surface area (Å²) in [4.78, 5) is 33.4. The van der Waals surface area contributed by atoms with Crippen molar-refractivity contribution >= 4 is 22.8 Å². The second-order valence-electron chi connectivity index (χ2n) is 8.13. The number of aromatic nitrogens is 4. The SMILES string of the molecule is COc1ccccc1N1CCCn2c1nc1c2c(=O)n(Cc2ccc(C)cc2)c(=O)n1C. The normalized spacial score (nSPS) is 13.4. The van der Waals surface area contributed by atoms with E-state index < -0.39 is 0 Å². The van der Waals surface area contributed by atoms with Crippen molar-refractivity contribution in [1.29, 1.82) is 0 Å². The van der Waals surface area contributed by atoms with Gasteiger partial charge in [0.1, 0.15) is 5.75 Å². The molecule has 5 rings (SSSR count). The van der Waals surface area contributed by atoms with Crippen molar-refractivity contribution < 1.29 is 4.74 Å². The smallest absolute Gasteiger partial charge is 0.332 e. The van der Waals surface area contributed by atoms with Gasteiger partial charge in [0.25, 0.3) is 5.56 Å². The highest BCUT2D eigenvalue weighted by molar-refractivity contribution is 5.78. The number of imidazole rings is 1. The van der Waals surface area contributed by atoms with E-state index in [1.165, 1.54) is 9.13 Å². The van der Waals surface area contributed by atoms with Crippen LogP contribution in [-0.4, -0.2) is 32.3 Å². The van der Waals surface area contributed by atoms with Crippen LogP contribution in [0.2, 0.25) is 0 Å². The second kappa shape index (κ2) is 7.71. The Labute approximate surface area is 184 Å². The third-order valence-corrected chi connectivity index (χ3v) is 6.05. The summed E-state index contributed by atoms with van der Waals surface area (Å²) in [6.45, 7) is 3.64. The molecule has 1 aliphatic heterocycles. The molecule has 1 aliphatic rings. The first-order chi connectivity index (χ1) is 15.5. The van der Waals surface area contributed by atoms with Gasteiger partial charge in [-0.3, -0.25) is 13.9 Å². The van der Waals surface area contributed by atoms with E-state index in [1.54, 1.807) is 14.2 Å². The molecule has 0 saturated heterocycles. The molecule has 8 nitrogen and oxygen atoms in total. The first-order valence-electron chi connectivity index (χ1n) is 10.7. The number of fused-ring (bicyclic) bond motifs is 3. The average molecular weight is 431 g/mol. The maximum Gasteiger partial charge on any atom is 0.332 e. The first-order valence-corrected chi connectivity index (χ1v) is 10.7. The van der Waals surface area contributed by atoms with Crippen LogP contribution < -0.4 is 20.9 Å². The third-order valence-electron chi connectivity index (χ3n) is 6.05. The summed E-state index contributed by atoms with van der Waals surface area (Å²) in [7, 11) is 3.31. The molecule has 4 aromatic rings. The molecule has 0 aliphatic carbocycles. The molecular weight excluding hydrogens is 406 g/mol. The van der Waals surface area contributed by atoms with Gasteiger partial charge >= 0.3 is 5.69 Å². The number of nitrogens with zero attached hydrogens (tertiary/aromatic N) is 5. The predicted octanol–water partition coefficient (Wildman–Crippen LogP) is 2.80. The fourth-order valence-electron chi connectivity index (χ4n) is 4.36. The molecule has 0 N–H and O–H groups in total. The lowest BCUT2D eigenvalue weighted by Crippen LogP contribution is -2.40. The number of anilines is 2. The van der Waals surface area contributed by atoms with Gasteiger partial charge in [0.2, 0.25) is 5.95 Å². The van der Waals surface area contributed by atoms with Crippen molar-refractivity contribution in [1.82, 2.24) is 18.7 Å². The molecule has 0 atom stereocenters. The molecule has 0 spiro atoms. The van der Waals surface area contributed by atoms with Crippen LogP contribution in [0.25, 0.3) is 11.2 Å². The molecular formula is C24H25N5O3. The number of rotatable bonds is 4. The van der Waals surface area contributed by atoms with Gasteiger partial charge in [0.05, 0.1) is 19.3 Å². The van der Waals surface area contributed by atoms with E-state index in [-0.39, 0.29) is 17.8 Å². The van der Waals surface area contributed by atoms with Gasteiger partial charge < -0.3 is 14.2 Å². The van der Waals surface area contributed by atoms with E-state index in [0.717, 1.165) is 35.5 Å². The van der Waals surface area contributed by atoms with Gasteiger partial charge in [-0.1, -0.05) is 42.0 Å². The maximum atomic E-state index is 13.5. The van der Waals surface area contributed by atoms with E-state index in [1.807, 2.05) is 60.0 Å². The van der Waals surface area contributed by atoms with E-state index >= 15 is 0 Å². The van der Waals surface area contributed by atoms with Gasteiger partial charge in [0, 0.05) is 20.1 Å². The van der Waals surface area contributed by atoms with Crippen molar-refractivity contribution in [2.45, 2.75) is 26.4 Å². The first kappa shape index (κ1) is 20.1. The van der Waals surface area contributed by atoms with E-state index in [4.69, 9.17) is 9.72 Å². The molecule has 164 valence electrons.